The number of rotatable bonds is 3. The van der Waals surface area contributed by atoms with E-state index in [0.717, 1.165) is 58.7 Å². The first-order valence-electron chi connectivity index (χ1n) is 14.5. The van der Waals surface area contributed by atoms with Crippen LogP contribution in [0.3, 0.4) is 0 Å². The molecule has 244 valence electrons. The summed E-state index contributed by atoms with van der Waals surface area (Å²) in [5.41, 5.74) is 8.53. The fraction of sp³-hybridized carbons (Fsp3) is 0.206. The van der Waals surface area contributed by atoms with Crippen LogP contribution in [0.25, 0.3) is 44.3 Å². The number of benzene rings is 2. The number of nitrogens with zero attached hydrogens (tertiary/aromatic N) is 7. The van der Waals surface area contributed by atoms with Crippen molar-refractivity contribution in [3.8, 4) is 22.3 Å². The van der Waals surface area contributed by atoms with E-state index in [9.17, 15) is 0 Å². The standard InChI is InChI=1S/C16H10N4S.C11H16BNO2.C6H2Br2N2S.CH4/c1-2-14(12-5-9-18-10-6-12)16-15(19-21-20-16)13(1)11-3-7-17-8-4-11;1-10(2)11(3,4)15-12(14-10)9-5-7-13-8-6-9;7-3-1-2-4(8)6-5(3)9-11-10-6;/h1-10H;5-8H,1-4H3;1-2H;1H4. The maximum atomic E-state index is 5.90. The van der Waals surface area contributed by atoms with Crippen LogP contribution in [0.2, 0.25) is 0 Å². The van der Waals surface area contributed by atoms with Gasteiger partial charge in [0, 0.05) is 57.3 Å². The first-order valence-corrected chi connectivity index (χ1v) is 17.6. The lowest BCUT2D eigenvalue weighted by molar-refractivity contribution is 0.00578. The number of fused-ring (bicyclic) bond motifs is 2. The normalized spacial score (nSPS) is 14.4. The summed E-state index contributed by atoms with van der Waals surface area (Å²) in [6, 6.07) is 19.9. The molecule has 48 heavy (non-hydrogen) atoms. The Hall–Kier alpha value is -3.53. The summed E-state index contributed by atoms with van der Waals surface area (Å²) in [5, 5.41) is 0. The molecule has 1 fully saturated rings. The van der Waals surface area contributed by atoms with Gasteiger partial charge in [0.25, 0.3) is 0 Å². The molecule has 0 amide bonds. The van der Waals surface area contributed by atoms with Gasteiger partial charge in [0.2, 0.25) is 0 Å². The molecule has 7 aromatic rings. The van der Waals surface area contributed by atoms with Gasteiger partial charge >= 0.3 is 7.12 Å². The van der Waals surface area contributed by atoms with E-state index >= 15 is 0 Å². The van der Waals surface area contributed by atoms with Crippen molar-refractivity contribution in [1.82, 2.24) is 32.4 Å². The van der Waals surface area contributed by atoms with Crippen molar-refractivity contribution in [3.63, 3.8) is 0 Å². The minimum atomic E-state index is -0.280. The minimum Gasteiger partial charge on any atom is -0.399 e. The zero-order chi connectivity index (χ0) is 33.0. The minimum absolute atomic E-state index is 0. The Morgan fingerprint density at radius 1 is 0.521 bits per heavy atom. The van der Waals surface area contributed by atoms with Crippen LogP contribution in [0.1, 0.15) is 35.1 Å². The van der Waals surface area contributed by atoms with Crippen LogP contribution in [0.5, 0.6) is 0 Å². The number of aromatic nitrogens is 7. The maximum absolute atomic E-state index is 5.90. The average molecular weight is 805 g/mol. The van der Waals surface area contributed by atoms with Gasteiger partial charge in [0.1, 0.15) is 22.1 Å². The first kappa shape index (κ1) is 35.8. The molecular formula is C34H32BBr2N7O2S2. The Kier molecular flexibility index (Phi) is 11.4. The fourth-order valence-corrected chi connectivity index (χ4v) is 6.90. The molecule has 0 N–H and O–H groups in total. The van der Waals surface area contributed by atoms with Gasteiger partial charge in [-0.3, -0.25) is 15.0 Å². The van der Waals surface area contributed by atoms with E-state index in [2.05, 4.69) is 76.4 Å². The third-order valence-corrected chi connectivity index (χ3v) is 10.3. The molecule has 0 unspecified atom stereocenters. The van der Waals surface area contributed by atoms with Gasteiger partial charge in [0.05, 0.1) is 34.7 Å². The first-order chi connectivity index (χ1) is 22.6. The highest BCUT2D eigenvalue weighted by molar-refractivity contribution is 9.11. The Balaban J connectivity index is 0.000000147. The zero-order valence-corrected chi connectivity index (χ0v) is 30.6. The summed E-state index contributed by atoms with van der Waals surface area (Å²) < 4.78 is 31.0. The highest BCUT2D eigenvalue weighted by Gasteiger charge is 2.51. The Morgan fingerprint density at radius 3 is 1.27 bits per heavy atom. The molecule has 2 aromatic carbocycles. The van der Waals surface area contributed by atoms with E-state index in [0.29, 0.717) is 0 Å². The molecule has 1 saturated heterocycles. The second kappa shape index (κ2) is 15.4. The van der Waals surface area contributed by atoms with Crippen LogP contribution in [-0.4, -0.2) is 50.8 Å². The summed E-state index contributed by atoms with van der Waals surface area (Å²) in [7, 11) is -0.280. The van der Waals surface area contributed by atoms with Crippen LogP contribution in [0.4, 0.5) is 0 Å². The molecule has 14 heteroatoms. The third-order valence-electron chi connectivity index (χ3n) is 7.95. The maximum Gasteiger partial charge on any atom is 0.494 e. The molecule has 0 spiro atoms. The quantitative estimate of drug-likeness (QED) is 0.162. The Labute approximate surface area is 305 Å². The second-order valence-electron chi connectivity index (χ2n) is 11.5. The molecule has 1 aliphatic heterocycles. The van der Waals surface area contributed by atoms with Gasteiger partial charge in [-0.1, -0.05) is 19.6 Å². The summed E-state index contributed by atoms with van der Waals surface area (Å²) in [4.78, 5) is 12.1. The molecule has 8 rings (SSSR count). The highest BCUT2D eigenvalue weighted by atomic mass is 79.9. The molecule has 9 nitrogen and oxygen atoms in total. The third kappa shape index (κ3) is 7.69. The monoisotopic (exact) mass is 803 g/mol. The topological polar surface area (TPSA) is 109 Å². The highest BCUT2D eigenvalue weighted by Crippen LogP contribution is 2.37. The average Bonchev–Trinajstić information content (AvgIpc) is 3.83. The molecule has 0 radical (unpaired) electrons. The predicted octanol–water partition coefficient (Wildman–Crippen LogP) is 9.05. The molecule has 0 saturated carbocycles. The number of halogens is 2. The number of hydrogen-bond acceptors (Lipinski definition) is 11. The van der Waals surface area contributed by atoms with E-state index in [1.807, 2.05) is 76.2 Å². The van der Waals surface area contributed by atoms with E-state index in [4.69, 9.17) is 9.31 Å². The van der Waals surface area contributed by atoms with Gasteiger partial charge < -0.3 is 9.31 Å². The lowest BCUT2D eigenvalue weighted by Gasteiger charge is -2.32. The Bertz CT molecular complexity index is 1980. The van der Waals surface area contributed by atoms with Gasteiger partial charge in [-0.15, -0.1) is 0 Å². The largest absolute Gasteiger partial charge is 0.494 e. The number of hydrogen-bond donors (Lipinski definition) is 0. The van der Waals surface area contributed by atoms with E-state index in [1.54, 1.807) is 37.2 Å². The van der Waals surface area contributed by atoms with Crippen molar-refractivity contribution in [3.05, 3.63) is 107 Å². The van der Waals surface area contributed by atoms with Crippen molar-refractivity contribution in [2.75, 3.05) is 0 Å². The van der Waals surface area contributed by atoms with Crippen molar-refractivity contribution in [1.29, 1.82) is 0 Å². The Morgan fingerprint density at radius 2 is 0.875 bits per heavy atom. The fourth-order valence-electron chi connectivity index (χ4n) is 4.70. The predicted molar refractivity (Wildman–Crippen MR) is 203 cm³/mol. The number of pyridine rings is 3. The molecule has 6 heterocycles. The van der Waals surface area contributed by atoms with Crippen molar-refractivity contribution < 1.29 is 9.31 Å². The zero-order valence-electron chi connectivity index (χ0n) is 25.8. The van der Waals surface area contributed by atoms with Crippen LogP contribution in [0, 0.1) is 0 Å². The SMILES string of the molecule is Brc1ccc(Br)c2nsnc12.C.CC1(C)OB(c2ccncc2)OC1(C)C.c1cc(-c2ccc(-c3ccncc3)c3nsnc23)ccn1. The molecule has 0 atom stereocenters. The molecule has 1 aliphatic rings. The van der Waals surface area contributed by atoms with Crippen molar-refractivity contribution in [2.24, 2.45) is 0 Å². The van der Waals surface area contributed by atoms with Gasteiger partial charge in [-0.2, -0.15) is 17.5 Å². The van der Waals surface area contributed by atoms with Crippen LogP contribution >= 0.6 is 55.3 Å². The van der Waals surface area contributed by atoms with Crippen LogP contribution in [0.15, 0.2) is 107 Å². The second-order valence-corrected chi connectivity index (χ2v) is 14.2. The molecule has 0 aliphatic carbocycles. The van der Waals surface area contributed by atoms with Crippen LogP contribution < -0.4 is 5.46 Å². The van der Waals surface area contributed by atoms with Gasteiger partial charge in [-0.05, 0) is 125 Å². The smallest absolute Gasteiger partial charge is 0.399 e. The summed E-state index contributed by atoms with van der Waals surface area (Å²) in [5.74, 6) is 0. The van der Waals surface area contributed by atoms with E-state index in [1.165, 1.54) is 23.5 Å². The van der Waals surface area contributed by atoms with Gasteiger partial charge in [-0.25, -0.2) is 0 Å². The summed E-state index contributed by atoms with van der Waals surface area (Å²) in [6.45, 7) is 8.20. The van der Waals surface area contributed by atoms with Crippen molar-refractivity contribution in [2.45, 2.75) is 46.3 Å². The van der Waals surface area contributed by atoms with Gasteiger partial charge in [0.15, 0.2) is 0 Å². The molecule has 0 bridgehead atoms. The summed E-state index contributed by atoms with van der Waals surface area (Å²) in [6.07, 6.45) is 10.7. The van der Waals surface area contributed by atoms with E-state index < -0.39 is 0 Å². The van der Waals surface area contributed by atoms with Crippen molar-refractivity contribution >= 4 is 90.0 Å². The molecular weight excluding hydrogens is 773 g/mol. The lowest BCUT2D eigenvalue weighted by atomic mass is 9.80. The summed E-state index contributed by atoms with van der Waals surface area (Å²) >= 11 is 9.25. The van der Waals surface area contributed by atoms with Crippen LogP contribution in [-0.2, 0) is 9.31 Å². The molecule has 5 aromatic heterocycles. The lowest BCUT2D eigenvalue weighted by Crippen LogP contribution is -2.41. The van der Waals surface area contributed by atoms with E-state index in [-0.39, 0.29) is 25.7 Å².